The molecule has 0 unspecified atom stereocenters. The Kier molecular flexibility index (Phi) is 7.23. The van der Waals surface area contributed by atoms with Gasteiger partial charge in [0, 0.05) is 39.7 Å². The summed E-state index contributed by atoms with van der Waals surface area (Å²) in [6.07, 6.45) is 1.88. The average Bonchev–Trinajstić information content (AvgIpc) is 3.48. The number of ether oxygens (including phenoxy) is 2. The lowest BCUT2D eigenvalue weighted by Crippen LogP contribution is -2.47. The normalized spacial score (nSPS) is 22.9. The second-order valence-corrected chi connectivity index (χ2v) is 7.78. The van der Waals surface area contributed by atoms with E-state index in [2.05, 4.69) is 30.8 Å². The predicted molar refractivity (Wildman–Crippen MR) is 123 cm³/mol. The number of aliphatic hydroxyl groups is 3. The third-order valence-electron chi connectivity index (χ3n) is 6.04. The first kappa shape index (κ1) is 23.2. The molecule has 178 valence electrons. The second kappa shape index (κ2) is 10.3. The Morgan fingerprint density at radius 2 is 1.79 bits per heavy atom. The number of para-hydroxylation sites is 2. The maximum Gasteiger partial charge on any atom is 0.167 e. The van der Waals surface area contributed by atoms with E-state index >= 15 is 0 Å². The molecule has 3 atom stereocenters. The van der Waals surface area contributed by atoms with E-state index in [1.807, 2.05) is 22.8 Å². The molecule has 11 nitrogen and oxygen atoms in total. The molecular formula is C22H30N6O5. The average molecular weight is 459 g/mol. The van der Waals surface area contributed by atoms with Crippen LogP contribution in [-0.2, 0) is 4.74 Å². The number of piperazine rings is 1. The van der Waals surface area contributed by atoms with Crippen molar-refractivity contribution in [3.63, 3.8) is 0 Å². The third kappa shape index (κ3) is 4.44. The van der Waals surface area contributed by atoms with Crippen molar-refractivity contribution in [1.82, 2.24) is 19.5 Å². The topological polar surface area (TPSA) is 129 Å². The number of aromatic nitrogens is 4. The van der Waals surface area contributed by atoms with Crippen LogP contribution in [0.15, 0.2) is 36.9 Å². The largest absolute Gasteiger partial charge is 0.495 e. The van der Waals surface area contributed by atoms with Gasteiger partial charge < -0.3 is 34.6 Å². The lowest BCUT2D eigenvalue weighted by atomic mass is 10.2. The highest BCUT2D eigenvalue weighted by Crippen LogP contribution is 2.33. The first-order valence-corrected chi connectivity index (χ1v) is 10.9. The van der Waals surface area contributed by atoms with Crippen molar-refractivity contribution in [2.75, 3.05) is 56.8 Å². The number of anilines is 2. The number of imidazole rings is 1. The van der Waals surface area contributed by atoms with Gasteiger partial charge >= 0.3 is 0 Å². The SMILES string of the molecule is CO.COc1ccccc1N1CCN(c2ncnc3c2ncn3[C@H]2C[C@H](O)[C@@H](CO)O2)CC1. The molecule has 0 saturated carbocycles. The van der Waals surface area contributed by atoms with Crippen LogP contribution in [0.25, 0.3) is 11.2 Å². The molecule has 3 aromatic rings. The van der Waals surface area contributed by atoms with Crippen LogP contribution in [-0.4, -0.2) is 94.1 Å². The van der Waals surface area contributed by atoms with E-state index in [0.29, 0.717) is 17.6 Å². The van der Waals surface area contributed by atoms with Crippen LogP contribution >= 0.6 is 0 Å². The van der Waals surface area contributed by atoms with Crippen molar-refractivity contribution in [2.45, 2.75) is 24.9 Å². The number of nitrogens with zero attached hydrogens (tertiary/aromatic N) is 6. The van der Waals surface area contributed by atoms with Gasteiger partial charge in [-0.25, -0.2) is 15.0 Å². The summed E-state index contributed by atoms with van der Waals surface area (Å²) in [6, 6.07) is 8.05. The summed E-state index contributed by atoms with van der Waals surface area (Å²) in [7, 11) is 2.69. The van der Waals surface area contributed by atoms with Crippen molar-refractivity contribution in [3.8, 4) is 5.75 Å². The monoisotopic (exact) mass is 458 g/mol. The zero-order valence-corrected chi connectivity index (χ0v) is 18.8. The Morgan fingerprint density at radius 1 is 1.06 bits per heavy atom. The minimum atomic E-state index is -0.711. The first-order chi connectivity index (χ1) is 16.2. The van der Waals surface area contributed by atoms with Crippen molar-refractivity contribution < 1.29 is 24.8 Å². The smallest absolute Gasteiger partial charge is 0.167 e. The number of rotatable bonds is 5. The van der Waals surface area contributed by atoms with Gasteiger partial charge in [0.15, 0.2) is 17.0 Å². The quantitative estimate of drug-likeness (QED) is 0.494. The molecule has 11 heteroatoms. The standard InChI is InChI=1S/C21H26N6O4.CH4O/c1-30-16-5-3-2-4-14(16)25-6-8-26(9-7-25)20-19-21(23-12-22-20)27(13-24-19)18-10-15(29)17(11-28)31-18;1-2/h2-5,12-13,15,17-18,28-29H,6-11H2,1H3;2H,1H3/t15-,17+,18+;/m0./s1. The summed E-state index contributed by atoms with van der Waals surface area (Å²) >= 11 is 0. The summed E-state index contributed by atoms with van der Waals surface area (Å²) in [5.41, 5.74) is 2.46. The lowest BCUT2D eigenvalue weighted by Gasteiger charge is -2.37. The van der Waals surface area contributed by atoms with E-state index in [1.54, 1.807) is 13.4 Å². The van der Waals surface area contributed by atoms with Gasteiger partial charge in [-0.3, -0.25) is 4.57 Å². The minimum absolute atomic E-state index is 0.221. The maximum absolute atomic E-state index is 10.1. The second-order valence-electron chi connectivity index (χ2n) is 7.78. The Morgan fingerprint density at radius 3 is 2.48 bits per heavy atom. The fraction of sp³-hybridized carbons (Fsp3) is 0.500. The Hall–Kier alpha value is -2.99. The molecule has 3 N–H and O–H groups in total. The Balaban J connectivity index is 0.00000126. The molecule has 2 aliphatic rings. The highest BCUT2D eigenvalue weighted by atomic mass is 16.5. The fourth-order valence-electron chi connectivity index (χ4n) is 4.38. The van der Waals surface area contributed by atoms with E-state index in [4.69, 9.17) is 14.6 Å². The zero-order valence-electron chi connectivity index (χ0n) is 18.8. The summed E-state index contributed by atoms with van der Waals surface area (Å²) in [5.74, 6) is 1.67. The van der Waals surface area contributed by atoms with Crippen LogP contribution < -0.4 is 14.5 Å². The van der Waals surface area contributed by atoms with Crippen LogP contribution in [0.3, 0.4) is 0 Å². The zero-order chi connectivity index (χ0) is 23.4. The van der Waals surface area contributed by atoms with Gasteiger partial charge in [0.05, 0.1) is 31.8 Å². The number of benzene rings is 1. The molecule has 2 aromatic heterocycles. The van der Waals surface area contributed by atoms with E-state index in [0.717, 1.165) is 50.5 Å². The number of hydrogen-bond donors (Lipinski definition) is 3. The van der Waals surface area contributed by atoms with Gasteiger partial charge in [0.2, 0.25) is 0 Å². The van der Waals surface area contributed by atoms with Gasteiger partial charge in [-0.1, -0.05) is 12.1 Å². The van der Waals surface area contributed by atoms with Gasteiger partial charge in [0.1, 0.15) is 24.4 Å². The highest BCUT2D eigenvalue weighted by molar-refractivity contribution is 5.83. The molecule has 0 amide bonds. The molecule has 0 bridgehead atoms. The minimum Gasteiger partial charge on any atom is -0.495 e. The number of hydrogen-bond acceptors (Lipinski definition) is 10. The molecule has 2 aliphatic heterocycles. The predicted octanol–water partition coefficient (Wildman–Crippen LogP) is 0.411. The molecule has 0 radical (unpaired) electrons. The summed E-state index contributed by atoms with van der Waals surface area (Å²) in [4.78, 5) is 18.0. The maximum atomic E-state index is 10.1. The fourth-order valence-corrected chi connectivity index (χ4v) is 4.38. The van der Waals surface area contributed by atoms with E-state index < -0.39 is 18.4 Å². The molecule has 2 fully saturated rings. The highest BCUT2D eigenvalue weighted by Gasteiger charge is 2.35. The third-order valence-corrected chi connectivity index (χ3v) is 6.04. The Labute approximate surface area is 191 Å². The van der Waals surface area contributed by atoms with Gasteiger partial charge in [-0.05, 0) is 12.1 Å². The van der Waals surface area contributed by atoms with Gasteiger partial charge in [0.25, 0.3) is 0 Å². The van der Waals surface area contributed by atoms with E-state index in [9.17, 15) is 10.2 Å². The number of methoxy groups -OCH3 is 1. The molecule has 4 heterocycles. The first-order valence-electron chi connectivity index (χ1n) is 10.9. The molecule has 0 spiro atoms. The molecule has 5 rings (SSSR count). The van der Waals surface area contributed by atoms with Crippen molar-refractivity contribution >= 4 is 22.7 Å². The van der Waals surface area contributed by atoms with Crippen molar-refractivity contribution in [3.05, 3.63) is 36.9 Å². The lowest BCUT2D eigenvalue weighted by molar-refractivity contribution is -0.0432. The van der Waals surface area contributed by atoms with Crippen molar-refractivity contribution in [2.24, 2.45) is 0 Å². The molecule has 0 aliphatic carbocycles. The molecule has 1 aromatic carbocycles. The van der Waals surface area contributed by atoms with Gasteiger partial charge in [-0.15, -0.1) is 0 Å². The van der Waals surface area contributed by atoms with Crippen LogP contribution in [0.5, 0.6) is 5.75 Å². The van der Waals surface area contributed by atoms with Crippen LogP contribution in [0, 0.1) is 0 Å². The molecule has 33 heavy (non-hydrogen) atoms. The number of fused-ring (bicyclic) bond motifs is 1. The van der Waals surface area contributed by atoms with E-state index in [1.165, 1.54) is 6.33 Å². The summed E-state index contributed by atoms with van der Waals surface area (Å²) in [6.45, 7) is 3.04. The Bertz CT molecular complexity index is 1050. The van der Waals surface area contributed by atoms with Crippen LogP contribution in [0.2, 0.25) is 0 Å². The number of aliphatic hydroxyl groups excluding tert-OH is 3. The summed E-state index contributed by atoms with van der Waals surface area (Å²) < 4.78 is 13.1. The summed E-state index contributed by atoms with van der Waals surface area (Å²) in [5, 5.41) is 26.4. The van der Waals surface area contributed by atoms with Crippen molar-refractivity contribution in [1.29, 1.82) is 0 Å². The van der Waals surface area contributed by atoms with Crippen LogP contribution in [0.1, 0.15) is 12.6 Å². The van der Waals surface area contributed by atoms with Crippen LogP contribution in [0.4, 0.5) is 11.5 Å². The van der Waals surface area contributed by atoms with E-state index in [-0.39, 0.29) is 6.61 Å². The van der Waals surface area contributed by atoms with Gasteiger partial charge in [-0.2, -0.15) is 0 Å². The molecule has 2 saturated heterocycles. The molecular weight excluding hydrogens is 428 g/mol.